The van der Waals surface area contributed by atoms with Gasteiger partial charge in [-0.15, -0.1) is 0 Å². The van der Waals surface area contributed by atoms with Crippen molar-refractivity contribution in [2.24, 2.45) is 5.73 Å². The number of hydrogen-bond acceptors (Lipinski definition) is 2. The van der Waals surface area contributed by atoms with Gasteiger partial charge in [-0.2, -0.15) is 0 Å². The van der Waals surface area contributed by atoms with Gasteiger partial charge in [0.1, 0.15) is 5.82 Å². The summed E-state index contributed by atoms with van der Waals surface area (Å²) in [5, 5.41) is 0. The average molecular weight is 236 g/mol. The van der Waals surface area contributed by atoms with Crippen LogP contribution < -0.4 is 5.73 Å². The molecule has 0 saturated carbocycles. The van der Waals surface area contributed by atoms with Crippen LogP contribution in [0.25, 0.3) is 0 Å². The van der Waals surface area contributed by atoms with Crippen molar-refractivity contribution in [1.82, 2.24) is 4.90 Å². The molecule has 3 heteroatoms. The van der Waals surface area contributed by atoms with E-state index in [0.717, 1.165) is 25.2 Å². The molecule has 1 saturated heterocycles. The number of benzene rings is 1. The van der Waals surface area contributed by atoms with Gasteiger partial charge >= 0.3 is 0 Å². The Morgan fingerprint density at radius 1 is 1.18 bits per heavy atom. The summed E-state index contributed by atoms with van der Waals surface area (Å²) < 4.78 is 13.1. The second-order valence-corrected chi connectivity index (χ2v) is 4.88. The first-order valence-electron chi connectivity index (χ1n) is 6.49. The topological polar surface area (TPSA) is 29.3 Å². The number of likely N-dealkylation sites (tertiary alicyclic amines) is 1. The van der Waals surface area contributed by atoms with Crippen LogP contribution in [-0.4, -0.2) is 24.5 Å². The fraction of sp³-hybridized carbons (Fsp3) is 0.571. The molecule has 0 aliphatic carbocycles. The van der Waals surface area contributed by atoms with Crippen molar-refractivity contribution in [3.63, 3.8) is 0 Å². The quantitative estimate of drug-likeness (QED) is 0.874. The molecular formula is C14H21FN2. The highest BCUT2D eigenvalue weighted by Gasteiger charge is 2.14. The summed E-state index contributed by atoms with van der Waals surface area (Å²) >= 11 is 0. The van der Waals surface area contributed by atoms with Crippen LogP contribution in [0.3, 0.4) is 0 Å². The molecule has 0 amide bonds. The van der Waals surface area contributed by atoms with Crippen molar-refractivity contribution in [2.45, 2.75) is 31.7 Å². The second-order valence-electron chi connectivity index (χ2n) is 4.88. The normalized spacial score (nSPS) is 19.9. The Hall–Kier alpha value is -0.930. The molecule has 1 aliphatic heterocycles. The summed E-state index contributed by atoms with van der Waals surface area (Å²) in [5.41, 5.74) is 7.03. The SMILES string of the molecule is NC(CN1CCCCCC1)c1cccc(F)c1. The van der Waals surface area contributed by atoms with Crippen molar-refractivity contribution in [1.29, 1.82) is 0 Å². The Labute approximate surface area is 103 Å². The van der Waals surface area contributed by atoms with E-state index in [9.17, 15) is 4.39 Å². The number of nitrogens with two attached hydrogens (primary N) is 1. The van der Waals surface area contributed by atoms with E-state index in [-0.39, 0.29) is 11.9 Å². The molecule has 1 aromatic carbocycles. The molecule has 1 heterocycles. The molecule has 17 heavy (non-hydrogen) atoms. The first kappa shape index (κ1) is 12.5. The minimum Gasteiger partial charge on any atom is -0.323 e. The Morgan fingerprint density at radius 2 is 1.88 bits per heavy atom. The van der Waals surface area contributed by atoms with Gasteiger partial charge in [0.2, 0.25) is 0 Å². The molecule has 1 unspecified atom stereocenters. The number of hydrogen-bond donors (Lipinski definition) is 1. The summed E-state index contributed by atoms with van der Waals surface area (Å²) in [4.78, 5) is 2.41. The van der Waals surface area contributed by atoms with Gasteiger partial charge in [-0.05, 0) is 43.6 Å². The van der Waals surface area contributed by atoms with Crippen LogP contribution in [0.15, 0.2) is 24.3 Å². The molecule has 94 valence electrons. The summed E-state index contributed by atoms with van der Waals surface area (Å²) in [6.45, 7) is 3.09. The van der Waals surface area contributed by atoms with E-state index in [1.165, 1.54) is 31.7 Å². The maximum Gasteiger partial charge on any atom is 0.123 e. The second kappa shape index (κ2) is 6.12. The third kappa shape index (κ3) is 3.79. The molecule has 0 spiro atoms. The maximum absolute atomic E-state index is 13.1. The van der Waals surface area contributed by atoms with Gasteiger partial charge in [0, 0.05) is 12.6 Å². The zero-order valence-electron chi connectivity index (χ0n) is 10.2. The highest BCUT2D eigenvalue weighted by molar-refractivity contribution is 5.20. The molecule has 1 atom stereocenters. The van der Waals surface area contributed by atoms with Crippen LogP contribution in [0, 0.1) is 5.82 Å². The predicted molar refractivity (Wildman–Crippen MR) is 68.2 cm³/mol. The van der Waals surface area contributed by atoms with Crippen molar-refractivity contribution < 1.29 is 4.39 Å². The lowest BCUT2D eigenvalue weighted by atomic mass is 10.1. The maximum atomic E-state index is 13.1. The van der Waals surface area contributed by atoms with E-state index in [1.807, 2.05) is 6.07 Å². The van der Waals surface area contributed by atoms with Crippen LogP contribution >= 0.6 is 0 Å². The van der Waals surface area contributed by atoms with Crippen molar-refractivity contribution in [2.75, 3.05) is 19.6 Å². The molecular weight excluding hydrogens is 215 g/mol. The van der Waals surface area contributed by atoms with Gasteiger partial charge in [0.15, 0.2) is 0 Å². The van der Waals surface area contributed by atoms with Gasteiger partial charge in [-0.3, -0.25) is 0 Å². The Balaban J connectivity index is 1.93. The van der Waals surface area contributed by atoms with Crippen LogP contribution in [0.2, 0.25) is 0 Å². The van der Waals surface area contributed by atoms with Gasteiger partial charge in [0.05, 0.1) is 0 Å². The molecule has 2 nitrogen and oxygen atoms in total. The van der Waals surface area contributed by atoms with Gasteiger partial charge < -0.3 is 10.6 Å². The van der Waals surface area contributed by atoms with Gasteiger partial charge in [0.25, 0.3) is 0 Å². The van der Waals surface area contributed by atoms with Crippen LogP contribution in [0.4, 0.5) is 4.39 Å². The standard InChI is InChI=1S/C14H21FN2/c15-13-7-5-6-12(10-13)14(16)11-17-8-3-1-2-4-9-17/h5-7,10,14H,1-4,8-9,11,16H2. The van der Waals surface area contributed by atoms with Crippen molar-refractivity contribution in [3.8, 4) is 0 Å². The zero-order valence-corrected chi connectivity index (χ0v) is 10.2. The number of rotatable bonds is 3. The summed E-state index contributed by atoms with van der Waals surface area (Å²) in [5.74, 6) is -0.200. The molecule has 1 aliphatic rings. The first-order valence-corrected chi connectivity index (χ1v) is 6.49. The van der Waals surface area contributed by atoms with E-state index >= 15 is 0 Å². The minimum absolute atomic E-state index is 0.0798. The van der Waals surface area contributed by atoms with Crippen molar-refractivity contribution in [3.05, 3.63) is 35.6 Å². The third-order valence-corrected chi connectivity index (χ3v) is 3.43. The minimum atomic E-state index is -0.200. The molecule has 0 radical (unpaired) electrons. The lowest BCUT2D eigenvalue weighted by molar-refractivity contribution is 0.267. The van der Waals surface area contributed by atoms with Gasteiger partial charge in [-0.1, -0.05) is 25.0 Å². The van der Waals surface area contributed by atoms with Crippen LogP contribution in [-0.2, 0) is 0 Å². The Kier molecular flexibility index (Phi) is 4.51. The largest absolute Gasteiger partial charge is 0.323 e. The lowest BCUT2D eigenvalue weighted by Crippen LogP contribution is -2.33. The third-order valence-electron chi connectivity index (χ3n) is 3.43. The van der Waals surface area contributed by atoms with Crippen LogP contribution in [0.5, 0.6) is 0 Å². The Bertz CT molecular complexity index is 346. The Morgan fingerprint density at radius 3 is 2.53 bits per heavy atom. The van der Waals surface area contributed by atoms with E-state index in [1.54, 1.807) is 12.1 Å². The summed E-state index contributed by atoms with van der Waals surface area (Å²) in [7, 11) is 0. The number of halogens is 1. The molecule has 1 fully saturated rings. The predicted octanol–water partition coefficient (Wildman–Crippen LogP) is 2.70. The van der Waals surface area contributed by atoms with Crippen LogP contribution in [0.1, 0.15) is 37.3 Å². The number of nitrogens with zero attached hydrogens (tertiary/aromatic N) is 1. The summed E-state index contributed by atoms with van der Waals surface area (Å²) in [6.07, 6.45) is 5.17. The van der Waals surface area contributed by atoms with E-state index in [0.29, 0.717) is 0 Å². The van der Waals surface area contributed by atoms with E-state index in [2.05, 4.69) is 4.90 Å². The van der Waals surface area contributed by atoms with E-state index in [4.69, 9.17) is 5.73 Å². The summed E-state index contributed by atoms with van der Waals surface area (Å²) in [6, 6.07) is 6.56. The molecule has 2 N–H and O–H groups in total. The lowest BCUT2D eigenvalue weighted by Gasteiger charge is -2.24. The highest BCUT2D eigenvalue weighted by Crippen LogP contribution is 2.16. The van der Waals surface area contributed by atoms with Crippen molar-refractivity contribution >= 4 is 0 Å². The van der Waals surface area contributed by atoms with Gasteiger partial charge in [-0.25, -0.2) is 4.39 Å². The fourth-order valence-corrected chi connectivity index (χ4v) is 2.44. The molecule has 0 bridgehead atoms. The monoisotopic (exact) mass is 236 g/mol. The first-order chi connectivity index (χ1) is 8.25. The highest BCUT2D eigenvalue weighted by atomic mass is 19.1. The molecule has 1 aromatic rings. The average Bonchev–Trinajstić information content (AvgIpc) is 2.57. The smallest absolute Gasteiger partial charge is 0.123 e. The van der Waals surface area contributed by atoms with E-state index < -0.39 is 0 Å². The molecule has 2 rings (SSSR count). The zero-order chi connectivity index (χ0) is 12.1. The fourth-order valence-electron chi connectivity index (χ4n) is 2.44. The molecule has 0 aromatic heterocycles.